The van der Waals surface area contributed by atoms with Gasteiger partial charge in [0.2, 0.25) is 0 Å². The first-order valence-corrected chi connectivity index (χ1v) is 8.07. The van der Waals surface area contributed by atoms with Crippen LogP contribution >= 0.6 is 0 Å². The van der Waals surface area contributed by atoms with Crippen LogP contribution in [0.2, 0.25) is 0 Å². The van der Waals surface area contributed by atoms with E-state index >= 15 is 0 Å². The minimum atomic E-state index is -0.244. The molecule has 0 spiro atoms. The van der Waals surface area contributed by atoms with E-state index in [2.05, 4.69) is 30.3 Å². The Morgan fingerprint density at radius 3 is 2.81 bits per heavy atom. The number of allylic oxidation sites excluding steroid dienone is 1. The van der Waals surface area contributed by atoms with Gasteiger partial charge in [-0.3, -0.25) is 4.79 Å². The molecule has 0 heterocycles. The van der Waals surface area contributed by atoms with E-state index in [1.54, 1.807) is 0 Å². The summed E-state index contributed by atoms with van der Waals surface area (Å²) in [6, 6.07) is 10.4. The van der Waals surface area contributed by atoms with Crippen molar-refractivity contribution >= 4 is 12.0 Å². The molecule has 2 atom stereocenters. The number of ether oxygens (including phenoxy) is 1. The number of hydrogen-bond donors (Lipinski definition) is 0. The number of carbonyl (C=O) groups is 1. The Bertz CT molecular complexity index is 532. The Morgan fingerprint density at radius 2 is 2.05 bits per heavy atom. The summed E-state index contributed by atoms with van der Waals surface area (Å²) in [6.07, 6.45) is 10.1. The van der Waals surface area contributed by atoms with Gasteiger partial charge >= 0.3 is 5.97 Å². The molecule has 1 aromatic rings. The van der Waals surface area contributed by atoms with Crippen LogP contribution in [0.25, 0.3) is 6.08 Å². The van der Waals surface area contributed by atoms with Crippen molar-refractivity contribution in [2.45, 2.75) is 44.9 Å². The van der Waals surface area contributed by atoms with Gasteiger partial charge in [0, 0.05) is 0 Å². The van der Waals surface area contributed by atoms with Crippen molar-refractivity contribution < 1.29 is 9.53 Å². The standard InChI is InChI=1S/C19H24O2/c1-21-18(20)19-11-7-3-6-10-17(19)13-16(14-19)12-15-8-4-2-5-9-15/h2,4-5,8-9,12,17H,3,6-7,10-11,13-14H2,1H3/b16-12+/t17-,19+/m1/s1. The van der Waals surface area contributed by atoms with Crippen LogP contribution in [0.5, 0.6) is 0 Å². The van der Waals surface area contributed by atoms with Crippen molar-refractivity contribution in [3.05, 3.63) is 41.5 Å². The Morgan fingerprint density at radius 1 is 1.24 bits per heavy atom. The fourth-order valence-electron chi connectivity index (χ4n) is 4.25. The summed E-state index contributed by atoms with van der Waals surface area (Å²) in [6.45, 7) is 0. The molecule has 112 valence electrons. The minimum Gasteiger partial charge on any atom is -0.469 e. The first kappa shape index (κ1) is 14.4. The second-order valence-electron chi connectivity index (χ2n) is 6.54. The van der Waals surface area contributed by atoms with Crippen molar-refractivity contribution in [1.82, 2.24) is 0 Å². The van der Waals surface area contributed by atoms with Crippen LogP contribution in [-0.2, 0) is 9.53 Å². The summed E-state index contributed by atoms with van der Waals surface area (Å²) in [5.41, 5.74) is 2.41. The molecule has 1 aromatic carbocycles. The molecule has 2 aliphatic rings. The van der Waals surface area contributed by atoms with E-state index < -0.39 is 0 Å². The van der Waals surface area contributed by atoms with Crippen molar-refractivity contribution in [2.24, 2.45) is 11.3 Å². The second-order valence-corrected chi connectivity index (χ2v) is 6.54. The monoisotopic (exact) mass is 284 g/mol. The van der Waals surface area contributed by atoms with E-state index in [1.807, 2.05) is 6.07 Å². The Kier molecular flexibility index (Phi) is 4.14. The highest BCUT2D eigenvalue weighted by atomic mass is 16.5. The molecule has 0 radical (unpaired) electrons. The molecule has 2 saturated carbocycles. The molecule has 2 nitrogen and oxygen atoms in total. The van der Waals surface area contributed by atoms with Gasteiger partial charge in [0.1, 0.15) is 0 Å². The predicted octanol–water partition coefficient (Wildman–Crippen LogP) is 4.60. The SMILES string of the molecule is COC(=O)[C@]12CCCCC[C@@H]1C/C(=C\c1ccccc1)C2. The van der Waals surface area contributed by atoms with Crippen LogP contribution in [-0.4, -0.2) is 13.1 Å². The highest BCUT2D eigenvalue weighted by Crippen LogP contribution is 2.54. The van der Waals surface area contributed by atoms with Crippen LogP contribution in [0.4, 0.5) is 0 Å². The van der Waals surface area contributed by atoms with E-state index in [1.165, 1.54) is 37.5 Å². The van der Waals surface area contributed by atoms with Crippen LogP contribution in [0.15, 0.2) is 35.9 Å². The highest BCUT2D eigenvalue weighted by molar-refractivity contribution is 5.79. The van der Waals surface area contributed by atoms with E-state index in [0.29, 0.717) is 5.92 Å². The maximum absolute atomic E-state index is 12.5. The van der Waals surface area contributed by atoms with Crippen molar-refractivity contribution in [1.29, 1.82) is 0 Å². The third-order valence-corrected chi connectivity index (χ3v) is 5.27. The molecule has 2 aliphatic carbocycles. The van der Waals surface area contributed by atoms with E-state index in [0.717, 1.165) is 25.7 Å². The summed E-state index contributed by atoms with van der Waals surface area (Å²) in [4.78, 5) is 12.5. The molecule has 0 amide bonds. The number of hydrogen-bond acceptors (Lipinski definition) is 2. The average molecular weight is 284 g/mol. The lowest BCUT2D eigenvalue weighted by molar-refractivity contribution is -0.155. The number of methoxy groups -OCH3 is 1. The van der Waals surface area contributed by atoms with Crippen LogP contribution < -0.4 is 0 Å². The molecular formula is C19H24O2. The molecule has 0 aliphatic heterocycles. The maximum Gasteiger partial charge on any atom is 0.312 e. The molecule has 0 bridgehead atoms. The molecule has 0 N–H and O–H groups in total. The summed E-state index contributed by atoms with van der Waals surface area (Å²) >= 11 is 0. The van der Waals surface area contributed by atoms with Crippen LogP contribution in [0.1, 0.15) is 50.5 Å². The molecule has 0 unspecified atom stereocenters. The summed E-state index contributed by atoms with van der Waals surface area (Å²) < 4.78 is 5.18. The average Bonchev–Trinajstić information content (AvgIpc) is 2.73. The van der Waals surface area contributed by atoms with Gasteiger partial charge in [0.15, 0.2) is 0 Å². The fraction of sp³-hybridized carbons (Fsp3) is 0.526. The van der Waals surface area contributed by atoms with Crippen molar-refractivity contribution in [3.63, 3.8) is 0 Å². The number of esters is 1. The molecule has 0 saturated heterocycles. The number of carbonyl (C=O) groups excluding carboxylic acids is 1. The number of rotatable bonds is 2. The normalized spacial score (nSPS) is 30.7. The van der Waals surface area contributed by atoms with Crippen molar-refractivity contribution in [3.8, 4) is 0 Å². The van der Waals surface area contributed by atoms with Gasteiger partial charge in [0.05, 0.1) is 12.5 Å². The minimum absolute atomic E-state index is 0.0193. The van der Waals surface area contributed by atoms with E-state index in [9.17, 15) is 4.79 Å². The van der Waals surface area contributed by atoms with Crippen LogP contribution in [0.3, 0.4) is 0 Å². The largest absolute Gasteiger partial charge is 0.469 e. The molecular weight excluding hydrogens is 260 g/mol. The first-order valence-electron chi connectivity index (χ1n) is 8.07. The lowest BCUT2D eigenvalue weighted by Crippen LogP contribution is -2.35. The summed E-state index contributed by atoms with van der Waals surface area (Å²) in [5, 5.41) is 0. The smallest absolute Gasteiger partial charge is 0.312 e. The number of benzene rings is 1. The summed E-state index contributed by atoms with van der Waals surface area (Å²) in [5.74, 6) is 0.494. The van der Waals surface area contributed by atoms with Gasteiger partial charge in [0.25, 0.3) is 0 Å². The van der Waals surface area contributed by atoms with E-state index in [4.69, 9.17) is 4.74 Å². The Hall–Kier alpha value is -1.57. The zero-order chi connectivity index (χ0) is 14.7. The first-order chi connectivity index (χ1) is 10.2. The van der Waals surface area contributed by atoms with Gasteiger partial charge in [-0.15, -0.1) is 0 Å². The van der Waals surface area contributed by atoms with Gasteiger partial charge in [-0.1, -0.05) is 61.2 Å². The molecule has 21 heavy (non-hydrogen) atoms. The molecule has 0 aromatic heterocycles. The maximum atomic E-state index is 12.5. The fourth-order valence-corrected chi connectivity index (χ4v) is 4.25. The zero-order valence-corrected chi connectivity index (χ0v) is 12.8. The topological polar surface area (TPSA) is 26.3 Å². The molecule has 2 fully saturated rings. The van der Waals surface area contributed by atoms with Crippen molar-refractivity contribution in [2.75, 3.05) is 7.11 Å². The third kappa shape index (κ3) is 2.76. The van der Waals surface area contributed by atoms with Gasteiger partial charge in [-0.05, 0) is 37.2 Å². The quantitative estimate of drug-likeness (QED) is 0.742. The van der Waals surface area contributed by atoms with Gasteiger partial charge in [-0.2, -0.15) is 0 Å². The third-order valence-electron chi connectivity index (χ3n) is 5.27. The zero-order valence-electron chi connectivity index (χ0n) is 12.8. The summed E-state index contributed by atoms with van der Waals surface area (Å²) in [7, 11) is 1.54. The molecule has 3 rings (SSSR count). The number of fused-ring (bicyclic) bond motifs is 1. The molecule has 2 heteroatoms. The second kappa shape index (κ2) is 6.05. The lowest BCUT2D eigenvalue weighted by atomic mass is 9.74. The van der Waals surface area contributed by atoms with Crippen LogP contribution in [0, 0.1) is 11.3 Å². The van der Waals surface area contributed by atoms with Gasteiger partial charge < -0.3 is 4.74 Å². The highest BCUT2D eigenvalue weighted by Gasteiger charge is 2.51. The van der Waals surface area contributed by atoms with Gasteiger partial charge in [-0.25, -0.2) is 0 Å². The Balaban J connectivity index is 1.89. The Labute approximate surface area is 127 Å². The van der Waals surface area contributed by atoms with E-state index in [-0.39, 0.29) is 11.4 Å². The predicted molar refractivity (Wildman–Crippen MR) is 84.7 cm³/mol. The lowest BCUT2D eigenvalue weighted by Gasteiger charge is -2.30.